The Kier molecular flexibility index (Phi) is 1.85. The summed E-state index contributed by atoms with van der Waals surface area (Å²) < 4.78 is 4.78. The molecule has 0 aliphatic carbocycles. The van der Waals surface area contributed by atoms with Crippen LogP contribution in [0.25, 0.3) is 0 Å². The fourth-order valence-electron chi connectivity index (χ4n) is 0.807. The van der Waals surface area contributed by atoms with E-state index in [0.29, 0.717) is 0 Å². The van der Waals surface area contributed by atoms with Crippen molar-refractivity contribution in [2.24, 2.45) is 0 Å². The highest BCUT2D eigenvalue weighted by Crippen LogP contribution is 2.16. The molecule has 4 nitrogen and oxygen atoms in total. The Morgan fingerprint density at radius 3 is 2.55 bits per heavy atom. The van der Waals surface area contributed by atoms with Gasteiger partial charge in [-0.25, -0.2) is 0 Å². The highest BCUT2D eigenvalue weighted by Gasteiger charge is 2.28. The van der Waals surface area contributed by atoms with Gasteiger partial charge in [-0.15, -0.1) is 0 Å². The molecule has 0 atom stereocenters. The number of hydrogen-bond donors (Lipinski definition) is 0. The average Bonchev–Trinajstić information content (AvgIpc) is 2.31. The summed E-state index contributed by atoms with van der Waals surface area (Å²) >= 11 is 0. The lowest BCUT2D eigenvalue weighted by Crippen LogP contribution is -2.45. The second kappa shape index (κ2) is 2.53. The zero-order valence-electron chi connectivity index (χ0n) is 7.29. The quantitative estimate of drug-likeness (QED) is 0.589. The third kappa shape index (κ3) is 1.50. The van der Waals surface area contributed by atoms with E-state index in [9.17, 15) is 0 Å². The third-order valence-corrected chi connectivity index (χ3v) is 1.43. The highest BCUT2D eigenvalue weighted by atomic mass is 16.8. The van der Waals surface area contributed by atoms with Gasteiger partial charge in [0.05, 0.1) is 0 Å². The minimum atomic E-state index is -0.00396. The third-order valence-electron chi connectivity index (χ3n) is 1.43. The van der Waals surface area contributed by atoms with Crippen molar-refractivity contribution in [3.63, 3.8) is 0 Å². The van der Waals surface area contributed by atoms with Crippen LogP contribution in [0.3, 0.4) is 0 Å². The molecular formula is C7H13N2O2+. The molecule has 0 spiro atoms. The molecule has 0 saturated carbocycles. The SMILES string of the molecule is CO[n+]1oncc1C(C)(C)C. The summed E-state index contributed by atoms with van der Waals surface area (Å²) in [5.41, 5.74) is 0.913. The molecule has 0 radical (unpaired) electrons. The summed E-state index contributed by atoms with van der Waals surface area (Å²) in [4.78, 5) is 6.20. The van der Waals surface area contributed by atoms with Gasteiger partial charge < -0.3 is 4.84 Å². The smallest absolute Gasteiger partial charge is 0.247 e. The Labute approximate surface area is 65.7 Å². The van der Waals surface area contributed by atoms with Crippen molar-refractivity contribution < 1.29 is 14.4 Å². The van der Waals surface area contributed by atoms with Gasteiger partial charge in [0.1, 0.15) is 12.0 Å². The van der Waals surface area contributed by atoms with E-state index >= 15 is 0 Å². The highest BCUT2D eigenvalue weighted by molar-refractivity contribution is 4.99. The lowest BCUT2D eigenvalue weighted by atomic mass is 9.93. The average molecular weight is 157 g/mol. The Balaban J connectivity index is 3.02. The van der Waals surface area contributed by atoms with Gasteiger partial charge in [-0.1, -0.05) is 20.8 Å². The number of nitrogens with zero attached hydrogens (tertiary/aromatic N) is 2. The minimum absolute atomic E-state index is 0.00396. The van der Waals surface area contributed by atoms with Gasteiger partial charge in [-0.05, 0) is 4.63 Å². The van der Waals surface area contributed by atoms with Crippen molar-refractivity contribution in [2.75, 3.05) is 7.11 Å². The van der Waals surface area contributed by atoms with Gasteiger partial charge >= 0.3 is 0 Å². The molecule has 0 aliphatic rings. The van der Waals surface area contributed by atoms with Crippen LogP contribution >= 0.6 is 0 Å². The van der Waals surface area contributed by atoms with Crippen molar-refractivity contribution in [1.82, 2.24) is 5.16 Å². The second-order valence-electron chi connectivity index (χ2n) is 3.39. The first-order valence-corrected chi connectivity index (χ1v) is 3.48. The molecular weight excluding hydrogens is 144 g/mol. The van der Waals surface area contributed by atoms with E-state index in [0.717, 1.165) is 5.69 Å². The Morgan fingerprint density at radius 1 is 1.55 bits per heavy atom. The largest absolute Gasteiger partial charge is 0.305 e. The fourth-order valence-corrected chi connectivity index (χ4v) is 0.807. The molecule has 1 aromatic rings. The van der Waals surface area contributed by atoms with Crippen molar-refractivity contribution in [1.29, 1.82) is 0 Å². The number of hydrogen-bond acceptors (Lipinski definition) is 3. The van der Waals surface area contributed by atoms with Crippen molar-refractivity contribution in [3.05, 3.63) is 11.9 Å². The van der Waals surface area contributed by atoms with E-state index in [-0.39, 0.29) is 5.41 Å². The van der Waals surface area contributed by atoms with E-state index in [1.54, 1.807) is 13.3 Å². The maximum absolute atomic E-state index is 4.90. The zero-order valence-corrected chi connectivity index (χ0v) is 7.29. The monoisotopic (exact) mass is 157 g/mol. The zero-order chi connectivity index (χ0) is 8.48. The summed E-state index contributed by atoms with van der Waals surface area (Å²) in [6.45, 7) is 6.19. The molecule has 0 N–H and O–H groups in total. The maximum atomic E-state index is 4.90. The van der Waals surface area contributed by atoms with Crippen LogP contribution in [0.15, 0.2) is 10.8 Å². The van der Waals surface area contributed by atoms with Crippen LogP contribution in [0.1, 0.15) is 26.5 Å². The molecule has 0 bridgehead atoms. The van der Waals surface area contributed by atoms with Crippen LogP contribution in [-0.4, -0.2) is 12.3 Å². The van der Waals surface area contributed by atoms with Crippen molar-refractivity contribution in [3.8, 4) is 0 Å². The van der Waals surface area contributed by atoms with Crippen LogP contribution in [-0.2, 0) is 5.41 Å². The van der Waals surface area contributed by atoms with E-state index in [1.807, 2.05) is 0 Å². The lowest BCUT2D eigenvalue weighted by molar-refractivity contribution is -1.03. The van der Waals surface area contributed by atoms with Gasteiger partial charge in [0.2, 0.25) is 11.9 Å². The molecule has 1 aromatic heterocycles. The van der Waals surface area contributed by atoms with Gasteiger partial charge in [0.25, 0.3) is 0 Å². The summed E-state index contributed by atoms with van der Waals surface area (Å²) in [6.07, 6.45) is 1.66. The van der Waals surface area contributed by atoms with Crippen LogP contribution in [0.2, 0.25) is 0 Å². The Hall–Kier alpha value is -1.06. The molecule has 0 unspecified atom stereocenters. The standard InChI is InChI=1S/C7H13N2O2/c1-7(2,3)6-5-8-11-9(6)10-4/h5H,1-4H3/q+1. The molecule has 0 aromatic carbocycles. The molecule has 0 saturated heterocycles. The molecule has 0 amide bonds. The molecule has 4 heteroatoms. The van der Waals surface area contributed by atoms with E-state index in [4.69, 9.17) is 9.47 Å². The van der Waals surface area contributed by atoms with Gasteiger partial charge in [0, 0.05) is 5.41 Å². The predicted molar refractivity (Wildman–Crippen MR) is 37.9 cm³/mol. The molecule has 11 heavy (non-hydrogen) atoms. The molecule has 0 fully saturated rings. The van der Waals surface area contributed by atoms with Crippen LogP contribution in [0.5, 0.6) is 0 Å². The van der Waals surface area contributed by atoms with Crippen molar-refractivity contribution >= 4 is 0 Å². The van der Waals surface area contributed by atoms with Crippen LogP contribution < -0.4 is 9.74 Å². The van der Waals surface area contributed by atoms with Crippen LogP contribution in [0, 0.1) is 0 Å². The first kappa shape index (κ1) is 8.04. The first-order valence-electron chi connectivity index (χ1n) is 3.48. The Bertz CT molecular complexity index is 237. The minimum Gasteiger partial charge on any atom is -0.305 e. The summed E-state index contributed by atoms with van der Waals surface area (Å²) in [5.74, 6) is 0. The number of aromatic nitrogens is 2. The van der Waals surface area contributed by atoms with Crippen LogP contribution in [0.4, 0.5) is 0 Å². The topological polar surface area (TPSA) is 39.1 Å². The molecule has 62 valence electrons. The Morgan fingerprint density at radius 2 is 2.18 bits per heavy atom. The maximum Gasteiger partial charge on any atom is 0.247 e. The predicted octanol–water partition coefficient (Wildman–Crippen LogP) is 0.318. The van der Waals surface area contributed by atoms with E-state index < -0.39 is 0 Å². The summed E-state index contributed by atoms with van der Waals surface area (Å²) in [6, 6.07) is 0. The van der Waals surface area contributed by atoms with Gasteiger partial charge in [-0.3, -0.25) is 0 Å². The lowest BCUT2D eigenvalue weighted by Gasteiger charge is -2.10. The summed E-state index contributed by atoms with van der Waals surface area (Å²) in [5, 5.41) is 3.62. The normalized spacial score (nSPS) is 11.6. The molecule has 0 aliphatic heterocycles. The molecule has 1 heterocycles. The number of rotatable bonds is 1. The van der Waals surface area contributed by atoms with Gasteiger partial charge in [0.15, 0.2) is 5.16 Å². The van der Waals surface area contributed by atoms with E-state index in [2.05, 4.69) is 25.9 Å². The van der Waals surface area contributed by atoms with E-state index in [1.165, 1.54) is 4.90 Å². The summed E-state index contributed by atoms with van der Waals surface area (Å²) in [7, 11) is 1.54. The fraction of sp³-hybridized carbons (Fsp3) is 0.714. The first-order chi connectivity index (χ1) is 5.05. The molecule has 1 rings (SSSR count). The van der Waals surface area contributed by atoms with Crippen molar-refractivity contribution in [2.45, 2.75) is 26.2 Å². The van der Waals surface area contributed by atoms with Gasteiger partial charge in [-0.2, -0.15) is 0 Å². The second-order valence-corrected chi connectivity index (χ2v) is 3.39.